The number of carboxylic acids is 1. The lowest BCUT2D eigenvalue weighted by Gasteiger charge is -2.16. The zero-order valence-corrected chi connectivity index (χ0v) is 13.7. The zero-order chi connectivity index (χ0) is 16.8. The molecule has 0 aliphatic heterocycles. The molecule has 0 aromatic heterocycles. The molecular formula is C19H22O4. The van der Waals surface area contributed by atoms with Gasteiger partial charge in [0.1, 0.15) is 11.5 Å². The molecular weight excluding hydrogens is 292 g/mol. The van der Waals surface area contributed by atoms with Crippen LogP contribution in [0.4, 0.5) is 0 Å². The second kappa shape index (κ2) is 7.68. The number of methoxy groups -OCH3 is 1. The van der Waals surface area contributed by atoms with Gasteiger partial charge in [-0.25, -0.2) is 0 Å². The molecule has 0 aliphatic rings. The lowest BCUT2D eigenvalue weighted by molar-refractivity contribution is -0.139. The van der Waals surface area contributed by atoms with Crippen molar-refractivity contribution >= 4 is 5.97 Å². The molecule has 1 atom stereocenters. The molecule has 4 heteroatoms. The van der Waals surface area contributed by atoms with E-state index in [0.29, 0.717) is 24.3 Å². The van der Waals surface area contributed by atoms with Crippen LogP contribution >= 0.6 is 0 Å². The molecule has 2 aromatic rings. The Bertz CT molecular complexity index is 659. The summed E-state index contributed by atoms with van der Waals surface area (Å²) in [4.78, 5) is 11.6. The van der Waals surface area contributed by atoms with E-state index in [2.05, 4.69) is 6.07 Å². The van der Waals surface area contributed by atoms with E-state index in [-0.39, 0.29) is 0 Å². The van der Waals surface area contributed by atoms with E-state index < -0.39 is 11.9 Å². The van der Waals surface area contributed by atoms with Crippen LogP contribution in [-0.4, -0.2) is 24.8 Å². The molecule has 1 unspecified atom stereocenters. The zero-order valence-electron chi connectivity index (χ0n) is 13.7. The Morgan fingerprint density at radius 1 is 1.13 bits per heavy atom. The summed E-state index contributed by atoms with van der Waals surface area (Å²) >= 11 is 0. The number of ether oxygens (including phenoxy) is 2. The summed E-state index contributed by atoms with van der Waals surface area (Å²) in [5.41, 5.74) is 2.92. The van der Waals surface area contributed by atoms with E-state index in [1.54, 1.807) is 19.2 Å². The molecule has 0 fully saturated rings. The first-order chi connectivity index (χ1) is 11.0. The van der Waals surface area contributed by atoms with Crippen LogP contribution in [0.25, 0.3) is 0 Å². The van der Waals surface area contributed by atoms with Gasteiger partial charge in [-0.05, 0) is 49.6 Å². The fourth-order valence-electron chi connectivity index (χ4n) is 2.68. The minimum absolute atomic E-state index is 0.331. The molecule has 0 bridgehead atoms. The number of aliphatic carboxylic acids is 1. The normalized spacial score (nSPS) is 11.8. The van der Waals surface area contributed by atoms with Gasteiger partial charge in [-0.3, -0.25) is 4.79 Å². The van der Waals surface area contributed by atoms with Crippen LogP contribution in [0.15, 0.2) is 42.5 Å². The second-order valence-corrected chi connectivity index (χ2v) is 5.59. The average molecular weight is 314 g/mol. The third kappa shape index (κ3) is 4.49. The van der Waals surface area contributed by atoms with Gasteiger partial charge >= 0.3 is 5.97 Å². The number of hydrogen-bond donors (Lipinski definition) is 1. The van der Waals surface area contributed by atoms with E-state index in [4.69, 9.17) is 9.47 Å². The first kappa shape index (κ1) is 16.9. The summed E-state index contributed by atoms with van der Waals surface area (Å²) in [5.74, 6) is -0.173. The Hall–Kier alpha value is -2.49. The van der Waals surface area contributed by atoms with Crippen molar-refractivity contribution in [2.24, 2.45) is 0 Å². The van der Waals surface area contributed by atoms with Crippen molar-refractivity contribution in [2.45, 2.75) is 26.2 Å². The number of carbonyl (C=O) groups is 1. The van der Waals surface area contributed by atoms with E-state index in [9.17, 15) is 9.90 Å². The first-order valence-corrected chi connectivity index (χ1v) is 7.58. The third-order valence-corrected chi connectivity index (χ3v) is 3.68. The largest absolute Gasteiger partial charge is 0.496 e. The summed E-state index contributed by atoms with van der Waals surface area (Å²) in [7, 11) is 1.55. The van der Waals surface area contributed by atoms with Crippen molar-refractivity contribution < 1.29 is 19.4 Å². The van der Waals surface area contributed by atoms with Crippen molar-refractivity contribution in [3.8, 4) is 11.5 Å². The highest BCUT2D eigenvalue weighted by atomic mass is 16.5. The topological polar surface area (TPSA) is 55.8 Å². The van der Waals surface area contributed by atoms with Gasteiger partial charge in [-0.2, -0.15) is 0 Å². The van der Waals surface area contributed by atoms with Gasteiger partial charge in [0.25, 0.3) is 0 Å². The van der Waals surface area contributed by atoms with Crippen LogP contribution in [0.2, 0.25) is 0 Å². The molecule has 0 aliphatic carbocycles. The van der Waals surface area contributed by atoms with Gasteiger partial charge < -0.3 is 14.6 Å². The van der Waals surface area contributed by atoms with Crippen molar-refractivity contribution in [3.63, 3.8) is 0 Å². The molecule has 1 N–H and O–H groups in total. The van der Waals surface area contributed by atoms with Gasteiger partial charge in [-0.1, -0.05) is 24.3 Å². The number of rotatable bonds is 7. The van der Waals surface area contributed by atoms with Gasteiger partial charge in [0.15, 0.2) is 0 Å². The van der Waals surface area contributed by atoms with Gasteiger partial charge in [0, 0.05) is 5.56 Å². The van der Waals surface area contributed by atoms with Crippen molar-refractivity contribution in [2.75, 3.05) is 13.7 Å². The molecule has 0 saturated heterocycles. The summed E-state index contributed by atoms with van der Waals surface area (Å²) in [6.07, 6.45) is 0.378. The number of aryl methyl sites for hydroxylation is 2. The Morgan fingerprint density at radius 2 is 1.78 bits per heavy atom. The van der Waals surface area contributed by atoms with E-state index in [0.717, 1.165) is 16.9 Å². The van der Waals surface area contributed by atoms with Crippen molar-refractivity contribution in [1.29, 1.82) is 0 Å². The van der Waals surface area contributed by atoms with Crippen LogP contribution in [0.5, 0.6) is 11.5 Å². The Labute approximate surface area is 136 Å². The Balaban J connectivity index is 2.07. The molecule has 4 nitrogen and oxygen atoms in total. The quantitative estimate of drug-likeness (QED) is 0.840. The predicted octanol–water partition coefficient (Wildman–Crippen LogP) is 3.95. The average Bonchev–Trinajstić information content (AvgIpc) is 2.50. The lowest BCUT2D eigenvalue weighted by Crippen LogP contribution is -2.16. The fraction of sp³-hybridized carbons (Fsp3) is 0.316. The maximum atomic E-state index is 11.6. The lowest BCUT2D eigenvalue weighted by atomic mass is 9.95. The SMILES string of the molecule is COc1ccccc1C(CCOc1cc(C)cc(C)c1)C(=O)O. The molecule has 23 heavy (non-hydrogen) atoms. The molecule has 0 radical (unpaired) electrons. The molecule has 2 aromatic carbocycles. The molecule has 0 spiro atoms. The van der Waals surface area contributed by atoms with E-state index >= 15 is 0 Å². The summed E-state index contributed by atoms with van der Waals surface area (Å²) < 4.78 is 11.0. The van der Waals surface area contributed by atoms with Crippen LogP contribution in [0.3, 0.4) is 0 Å². The molecule has 2 rings (SSSR count). The molecule has 0 heterocycles. The highest BCUT2D eigenvalue weighted by molar-refractivity contribution is 5.77. The standard InChI is InChI=1S/C19H22O4/c1-13-10-14(2)12-15(11-13)23-9-8-17(19(20)21)16-6-4-5-7-18(16)22-3/h4-7,10-12,17H,8-9H2,1-3H3,(H,20,21). The molecule has 0 amide bonds. The molecule has 0 saturated carbocycles. The number of carboxylic acid groups (broad SMARTS) is 1. The minimum Gasteiger partial charge on any atom is -0.496 e. The first-order valence-electron chi connectivity index (χ1n) is 7.58. The van der Waals surface area contributed by atoms with Crippen LogP contribution < -0.4 is 9.47 Å². The van der Waals surface area contributed by atoms with E-state index in [1.807, 2.05) is 38.1 Å². The van der Waals surface area contributed by atoms with Gasteiger partial charge in [0.2, 0.25) is 0 Å². The fourth-order valence-corrected chi connectivity index (χ4v) is 2.68. The van der Waals surface area contributed by atoms with Crippen molar-refractivity contribution in [3.05, 3.63) is 59.2 Å². The van der Waals surface area contributed by atoms with Crippen molar-refractivity contribution in [1.82, 2.24) is 0 Å². The van der Waals surface area contributed by atoms with Crippen LogP contribution in [0, 0.1) is 13.8 Å². The van der Waals surface area contributed by atoms with E-state index in [1.165, 1.54) is 0 Å². The number of benzene rings is 2. The molecule has 122 valence electrons. The Morgan fingerprint density at radius 3 is 2.39 bits per heavy atom. The number of para-hydroxylation sites is 1. The number of hydrogen-bond acceptors (Lipinski definition) is 3. The van der Waals surface area contributed by atoms with Gasteiger partial charge in [0.05, 0.1) is 19.6 Å². The predicted molar refractivity (Wildman–Crippen MR) is 89.4 cm³/mol. The third-order valence-electron chi connectivity index (χ3n) is 3.68. The minimum atomic E-state index is -0.876. The summed E-state index contributed by atoms with van der Waals surface area (Å²) in [6, 6.07) is 13.2. The summed E-state index contributed by atoms with van der Waals surface area (Å²) in [6.45, 7) is 4.35. The smallest absolute Gasteiger partial charge is 0.311 e. The highest BCUT2D eigenvalue weighted by Crippen LogP contribution is 2.29. The second-order valence-electron chi connectivity index (χ2n) is 5.59. The van der Waals surface area contributed by atoms with Gasteiger partial charge in [-0.15, -0.1) is 0 Å². The monoisotopic (exact) mass is 314 g/mol. The van der Waals surface area contributed by atoms with Crippen LogP contribution in [-0.2, 0) is 4.79 Å². The maximum Gasteiger partial charge on any atom is 0.311 e. The highest BCUT2D eigenvalue weighted by Gasteiger charge is 2.23. The maximum absolute atomic E-state index is 11.6. The Kier molecular flexibility index (Phi) is 5.63. The van der Waals surface area contributed by atoms with Crippen LogP contribution in [0.1, 0.15) is 29.0 Å². The summed E-state index contributed by atoms with van der Waals surface area (Å²) in [5, 5.41) is 9.52.